The van der Waals surface area contributed by atoms with Crippen LogP contribution in [0.1, 0.15) is 17.4 Å². The van der Waals surface area contributed by atoms with Gasteiger partial charge in [-0.2, -0.15) is 0 Å². The van der Waals surface area contributed by atoms with E-state index in [1.807, 2.05) is 0 Å². The smallest absolute Gasteiger partial charge is 0.352 e. The van der Waals surface area contributed by atoms with Crippen LogP contribution in [0.2, 0.25) is 0 Å². The van der Waals surface area contributed by atoms with Crippen molar-refractivity contribution in [3.63, 3.8) is 0 Å². The highest BCUT2D eigenvalue weighted by Crippen LogP contribution is 1.98. The number of carboxylic acid groups (broad SMARTS) is 1. The number of aromatic carboxylic acids is 1. The lowest BCUT2D eigenvalue weighted by atomic mass is 10.3. The Morgan fingerprint density at radius 1 is 1.41 bits per heavy atom. The lowest BCUT2D eigenvalue weighted by Crippen LogP contribution is -2.35. The summed E-state index contributed by atoms with van der Waals surface area (Å²) in [4.78, 5) is 35.5. The van der Waals surface area contributed by atoms with Gasteiger partial charge in [-0.3, -0.25) is 14.2 Å². The molecule has 0 unspecified atom stereocenters. The number of hydrogen-bond acceptors (Lipinski definition) is 3. The predicted molar refractivity (Wildman–Crippen MR) is 61.0 cm³/mol. The number of amides is 1. The second-order valence-corrected chi connectivity index (χ2v) is 3.55. The molecule has 6 nitrogen and oxygen atoms in total. The normalized spacial score (nSPS) is 10.0. The van der Waals surface area contributed by atoms with Crippen LogP contribution in [-0.2, 0) is 11.3 Å². The van der Waals surface area contributed by atoms with Gasteiger partial charge in [0.1, 0.15) is 12.2 Å². The molecule has 1 amide bonds. The van der Waals surface area contributed by atoms with Crippen LogP contribution < -0.4 is 5.56 Å². The Kier molecular flexibility index (Phi) is 4.03. The molecular weight excluding hydrogens is 224 g/mol. The van der Waals surface area contributed by atoms with Crippen LogP contribution in [0.3, 0.4) is 0 Å². The molecule has 0 bridgehead atoms. The molecule has 0 saturated heterocycles. The summed E-state index contributed by atoms with van der Waals surface area (Å²) in [6, 6.07) is 3.88. The van der Waals surface area contributed by atoms with Gasteiger partial charge in [-0.25, -0.2) is 4.79 Å². The zero-order valence-electron chi connectivity index (χ0n) is 9.71. The zero-order valence-corrected chi connectivity index (χ0v) is 9.71. The molecule has 1 aromatic rings. The third-order valence-corrected chi connectivity index (χ3v) is 2.46. The van der Waals surface area contributed by atoms with Crippen molar-refractivity contribution in [2.75, 3.05) is 13.6 Å². The van der Waals surface area contributed by atoms with Crippen LogP contribution in [0, 0.1) is 0 Å². The van der Waals surface area contributed by atoms with E-state index in [0.717, 1.165) is 4.57 Å². The maximum Gasteiger partial charge on any atom is 0.352 e. The van der Waals surface area contributed by atoms with Crippen LogP contribution in [0.4, 0.5) is 0 Å². The van der Waals surface area contributed by atoms with Crippen LogP contribution in [0.15, 0.2) is 23.0 Å². The number of pyridine rings is 1. The van der Waals surface area contributed by atoms with E-state index in [4.69, 9.17) is 5.11 Å². The van der Waals surface area contributed by atoms with Gasteiger partial charge in [0.25, 0.3) is 5.56 Å². The van der Waals surface area contributed by atoms with Crippen molar-refractivity contribution in [2.45, 2.75) is 13.5 Å². The zero-order chi connectivity index (χ0) is 13.0. The molecule has 17 heavy (non-hydrogen) atoms. The number of rotatable bonds is 4. The van der Waals surface area contributed by atoms with E-state index in [1.165, 1.54) is 23.1 Å². The molecule has 0 saturated carbocycles. The van der Waals surface area contributed by atoms with E-state index in [2.05, 4.69) is 0 Å². The molecule has 0 atom stereocenters. The Bertz CT molecular complexity index is 492. The van der Waals surface area contributed by atoms with Crippen molar-refractivity contribution in [1.29, 1.82) is 0 Å². The van der Waals surface area contributed by atoms with Gasteiger partial charge in [-0.15, -0.1) is 0 Å². The van der Waals surface area contributed by atoms with Crippen LogP contribution in [0.5, 0.6) is 0 Å². The van der Waals surface area contributed by atoms with Crippen molar-refractivity contribution in [2.24, 2.45) is 0 Å². The van der Waals surface area contributed by atoms with E-state index in [-0.39, 0.29) is 18.1 Å². The first kappa shape index (κ1) is 13.0. The number of likely N-dealkylation sites (N-methyl/N-ethyl adjacent to an activating group) is 1. The molecule has 0 aromatic carbocycles. The summed E-state index contributed by atoms with van der Waals surface area (Å²) in [6.07, 6.45) is 0. The minimum absolute atomic E-state index is 0.185. The molecule has 1 aromatic heterocycles. The van der Waals surface area contributed by atoms with E-state index in [0.29, 0.717) is 6.54 Å². The highest BCUT2D eigenvalue weighted by atomic mass is 16.4. The molecule has 0 aliphatic carbocycles. The fourth-order valence-electron chi connectivity index (χ4n) is 1.30. The fraction of sp³-hybridized carbons (Fsp3) is 0.364. The molecule has 0 aliphatic heterocycles. The third kappa shape index (κ3) is 2.93. The Morgan fingerprint density at radius 2 is 2.06 bits per heavy atom. The number of carbonyl (C=O) groups is 2. The summed E-state index contributed by atoms with van der Waals surface area (Å²) in [5.41, 5.74) is -0.682. The molecular formula is C11H14N2O4. The molecule has 1 heterocycles. The summed E-state index contributed by atoms with van der Waals surface area (Å²) in [6.45, 7) is 2.04. The topological polar surface area (TPSA) is 79.6 Å². The first-order valence-electron chi connectivity index (χ1n) is 5.14. The fourth-order valence-corrected chi connectivity index (χ4v) is 1.30. The van der Waals surface area contributed by atoms with Crippen LogP contribution in [-0.4, -0.2) is 40.0 Å². The monoisotopic (exact) mass is 238 g/mol. The van der Waals surface area contributed by atoms with Crippen molar-refractivity contribution >= 4 is 11.9 Å². The second-order valence-electron chi connectivity index (χ2n) is 3.55. The largest absolute Gasteiger partial charge is 0.477 e. The van der Waals surface area contributed by atoms with Gasteiger partial charge in [0.2, 0.25) is 5.91 Å². The number of nitrogens with zero attached hydrogens (tertiary/aromatic N) is 2. The molecule has 0 fully saturated rings. The maximum atomic E-state index is 11.6. The van der Waals surface area contributed by atoms with Gasteiger partial charge in [0, 0.05) is 19.7 Å². The Labute approximate surface area is 98.1 Å². The summed E-state index contributed by atoms with van der Waals surface area (Å²) in [5, 5.41) is 8.91. The minimum Gasteiger partial charge on any atom is -0.477 e. The molecule has 1 N–H and O–H groups in total. The number of hydrogen-bond donors (Lipinski definition) is 1. The highest BCUT2D eigenvalue weighted by Gasteiger charge is 2.15. The van der Waals surface area contributed by atoms with Gasteiger partial charge in [0.05, 0.1) is 0 Å². The van der Waals surface area contributed by atoms with Gasteiger partial charge in [0.15, 0.2) is 0 Å². The first-order valence-corrected chi connectivity index (χ1v) is 5.14. The molecule has 0 aliphatic rings. The Morgan fingerprint density at radius 3 is 2.59 bits per heavy atom. The summed E-state index contributed by atoms with van der Waals surface area (Å²) < 4.78 is 0.955. The van der Waals surface area contributed by atoms with Crippen LogP contribution >= 0.6 is 0 Å². The lowest BCUT2D eigenvalue weighted by Gasteiger charge is -2.16. The summed E-state index contributed by atoms with van der Waals surface area (Å²) in [7, 11) is 1.59. The molecule has 6 heteroatoms. The van der Waals surface area contributed by atoms with Gasteiger partial charge in [-0.1, -0.05) is 6.07 Å². The van der Waals surface area contributed by atoms with Crippen molar-refractivity contribution in [3.8, 4) is 0 Å². The van der Waals surface area contributed by atoms with Crippen LogP contribution in [0.25, 0.3) is 0 Å². The highest BCUT2D eigenvalue weighted by molar-refractivity contribution is 5.86. The van der Waals surface area contributed by atoms with Gasteiger partial charge < -0.3 is 10.0 Å². The van der Waals surface area contributed by atoms with E-state index in [9.17, 15) is 14.4 Å². The average molecular weight is 238 g/mol. The Hall–Kier alpha value is -2.11. The molecule has 1 rings (SSSR count). The van der Waals surface area contributed by atoms with Crippen molar-refractivity contribution in [1.82, 2.24) is 9.47 Å². The lowest BCUT2D eigenvalue weighted by molar-refractivity contribution is -0.130. The van der Waals surface area contributed by atoms with E-state index >= 15 is 0 Å². The Balaban J connectivity index is 3.10. The minimum atomic E-state index is -1.23. The van der Waals surface area contributed by atoms with Crippen molar-refractivity contribution < 1.29 is 14.7 Å². The number of carboxylic acids is 1. The molecule has 0 spiro atoms. The van der Waals surface area contributed by atoms with Gasteiger partial charge in [-0.05, 0) is 13.0 Å². The summed E-state index contributed by atoms with van der Waals surface area (Å²) >= 11 is 0. The number of aromatic nitrogens is 1. The number of carbonyl (C=O) groups excluding carboxylic acids is 1. The molecule has 92 valence electrons. The maximum absolute atomic E-state index is 11.6. The molecule has 0 radical (unpaired) electrons. The summed E-state index contributed by atoms with van der Waals surface area (Å²) in [5.74, 6) is -1.53. The second kappa shape index (κ2) is 5.29. The first-order chi connectivity index (χ1) is 7.97. The standard InChI is InChI=1S/C11H14N2O4/c1-3-12(2)10(15)7-13-8(11(16)17)5-4-6-9(13)14/h4-6H,3,7H2,1-2H3,(H,16,17). The SMILES string of the molecule is CCN(C)C(=O)Cn1c(C(=O)O)cccc1=O. The van der Waals surface area contributed by atoms with Crippen molar-refractivity contribution in [3.05, 3.63) is 34.2 Å². The quantitative estimate of drug-likeness (QED) is 0.802. The van der Waals surface area contributed by atoms with Gasteiger partial charge >= 0.3 is 5.97 Å². The van der Waals surface area contributed by atoms with E-state index in [1.54, 1.807) is 14.0 Å². The predicted octanol–water partition coefficient (Wildman–Crippen LogP) is 0.0248. The van der Waals surface area contributed by atoms with E-state index < -0.39 is 11.5 Å². The average Bonchev–Trinajstić information content (AvgIpc) is 2.30. The third-order valence-electron chi connectivity index (χ3n) is 2.46.